The van der Waals surface area contributed by atoms with Crippen molar-refractivity contribution >= 4 is 16.8 Å². The molecule has 0 spiro atoms. The van der Waals surface area contributed by atoms with Crippen LogP contribution in [0.2, 0.25) is 0 Å². The normalized spacial score (nSPS) is 19.8. The molecule has 2 aromatic carbocycles. The van der Waals surface area contributed by atoms with E-state index >= 15 is 0 Å². The topological polar surface area (TPSA) is 72.5 Å². The van der Waals surface area contributed by atoms with Gasteiger partial charge in [0.2, 0.25) is 5.52 Å². The highest BCUT2D eigenvalue weighted by atomic mass is 19.1. The van der Waals surface area contributed by atoms with Crippen LogP contribution in [0.4, 0.5) is 4.39 Å². The number of piperazine rings is 1. The SMILES string of the molecule is NC(=O)c1cc(-c2ccc(F)cc2)c2ccc(CN3CCNC(C4CC4)C3)cc2[nH+]1. The summed E-state index contributed by atoms with van der Waals surface area (Å²) in [4.78, 5) is 17.6. The minimum absolute atomic E-state index is 0.288. The van der Waals surface area contributed by atoms with E-state index in [1.165, 1.54) is 30.5 Å². The average Bonchev–Trinajstić information content (AvgIpc) is 3.59. The standard InChI is InChI=1S/C24H25FN4O/c25-18-6-4-16(5-7-18)20-12-22(24(26)30)28-21-11-15(1-8-19(20)21)13-29-10-9-27-23(14-29)17-2-3-17/h1,4-8,11-12,17,23,27H,2-3,9-10,13-14H2,(H2,26,30)/p+1. The highest BCUT2D eigenvalue weighted by Crippen LogP contribution is 2.34. The fraction of sp³-hybridized carbons (Fsp3) is 0.333. The fourth-order valence-corrected chi connectivity index (χ4v) is 4.49. The van der Waals surface area contributed by atoms with Crippen LogP contribution >= 0.6 is 0 Å². The van der Waals surface area contributed by atoms with Crippen molar-refractivity contribution in [3.8, 4) is 11.1 Å². The number of fused-ring (bicyclic) bond motifs is 1. The van der Waals surface area contributed by atoms with Gasteiger partial charge in [-0.3, -0.25) is 9.69 Å². The van der Waals surface area contributed by atoms with Crippen molar-refractivity contribution in [2.75, 3.05) is 19.6 Å². The van der Waals surface area contributed by atoms with E-state index in [9.17, 15) is 9.18 Å². The molecule has 1 aliphatic carbocycles. The van der Waals surface area contributed by atoms with E-state index in [0.29, 0.717) is 11.7 Å². The second kappa shape index (κ2) is 7.78. The number of nitrogens with two attached hydrogens (primary N) is 1. The molecule has 2 aliphatic rings. The molecule has 5 nitrogen and oxygen atoms in total. The minimum Gasteiger partial charge on any atom is -0.360 e. The molecule has 1 saturated heterocycles. The van der Waals surface area contributed by atoms with Crippen molar-refractivity contribution < 1.29 is 14.2 Å². The van der Waals surface area contributed by atoms with E-state index in [0.717, 1.165) is 54.1 Å². The summed E-state index contributed by atoms with van der Waals surface area (Å²) in [5.74, 6) is 0.0395. The summed E-state index contributed by atoms with van der Waals surface area (Å²) >= 11 is 0. The second-order valence-corrected chi connectivity index (χ2v) is 8.48. The van der Waals surface area contributed by atoms with E-state index in [1.54, 1.807) is 18.2 Å². The maximum atomic E-state index is 13.4. The lowest BCUT2D eigenvalue weighted by Gasteiger charge is -2.33. The van der Waals surface area contributed by atoms with Crippen molar-refractivity contribution in [1.29, 1.82) is 0 Å². The Morgan fingerprint density at radius 1 is 1.17 bits per heavy atom. The molecule has 0 bridgehead atoms. The molecule has 2 fully saturated rings. The van der Waals surface area contributed by atoms with Gasteiger partial charge in [-0.25, -0.2) is 9.37 Å². The van der Waals surface area contributed by atoms with Crippen LogP contribution in [-0.2, 0) is 6.54 Å². The number of hydrogen-bond acceptors (Lipinski definition) is 3. The molecule has 1 aliphatic heterocycles. The van der Waals surface area contributed by atoms with Gasteiger partial charge >= 0.3 is 5.91 Å². The van der Waals surface area contributed by atoms with Gasteiger partial charge in [-0.1, -0.05) is 18.2 Å². The summed E-state index contributed by atoms with van der Waals surface area (Å²) in [5, 5.41) is 4.63. The Morgan fingerprint density at radius 3 is 2.70 bits per heavy atom. The van der Waals surface area contributed by atoms with Crippen LogP contribution in [0.15, 0.2) is 48.5 Å². The zero-order valence-electron chi connectivity index (χ0n) is 16.8. The molecule has 0 radical (unpaired) electrons. The zero-order valence-corrected chi connectivity index (χ0v) is 16.8. The lowest BCUT2D eigenvalue weighted by molar-refractivity contribution is -0.348. The highest BCUT2D eigenvalue weighted by Gasteiger charge is 2.33. The Morgan fingerprint density at radius 2 is 1.97 bits per heavy atom. The third-order valence-corrected chi connectivity index (χ3v) is 6.24. The molecule has 1 aromatic heterocycles. The third-order valence-electron chi connectivity index (χ3n) is 6.24. The van der Waals surface area contributed by atoms with Crippen LogP contribution in [0.5, 0.6) is 0 Å². The number of carbonyl (C=O) groups excluding carboxylic acids is 1. The van der Waals surface area contributed by atoms with Crippen LogP contribution < -0.4 is 16.0 Å². The molecule has 154 valence electrons. The minimum atomic E-state index is -0.514. The van der Waals surface area contributed by atoms with E-state index in [1.807, 2.05) is 0 Å². The van der Waals surface area contributed by atoms with Crippen molar-refractivity contribution in [3.63, 3.8) is 0 Å². The number of benzene rings is 2. The molecule has 4 N–H and O–H groups in total. The number of pyridine rings is 1. The Hall–Kier alpha value is -2.83. The molecule has 1 unspecified atom stereocenters. The van der Waals surface area contributed by atoms with Crippen LogP contribution in [0.3, 0.4) is 0 Å². The fourth-order valence-electron chi connectivity index (χ4n) is 4.49. The first-order valence-corrected chi connectivity index (χ1v) is 10.6. The number of aromatic amines is 1. The van der Waals surface area contributed by atoms with Gasteiger partial charge in [-0.15, -0.1) is 0 Å². The predicted molar refractivity (Wildman–Crippen MR) is 114 cm³/mol. The summed E-state index contributed by atoms with van der Waals surface area (Å²) in [6, 6.07) is 15.0. The number of nitrogens with one attached hydrogen (secondary N) is 2. The van der Waals surface area contributed by atoms with Crippen LogP contribution in [0.1, 0.15) is 28.9 Å². The van der Waals surface area contributed by atoms with Crippen molar-refractivity contribution in [2.45, 2.75) is 25.4 Å². The Balaban J connectivity index is 1.48. The molecule has 5 rings (SSSR count). The predicted octanol–water partition coefficient (Wildman–Crippen LogP) is 2.74. The number of amides is 1. The van der Waals surface area contributed by atoms with Crippen molar-refractivity contribution in [3.05, 3.63) is 65.6 Å². The molecule has 2 heterocycles. The molecule has 1 amide bonds. The molecule has 1 saturated carbocycles. The Kier molecular flexibility index (Phi) is 4.97. The number of nitrogens with zero attached hydrogens (tertiary/aromatic N) is 1. The first kappa shape index (κ1) is 19.2. The summed E-state index contributed by atoms with van der Waals surface area (Å²) < 4.78 is 13.4. The summed E-state index contributed by atoms with van der Waals surface area (Å²) in [5.41, 5.74) is 9.67. The quantitative estimate of drug-likeness (QED) is 0.686. The number of halogens is 1. The zero-order chi connectivity index (χ0) is 20.7. The van der Waals surface area contributed by atoms with E-state index in [2.05, 4.69) is 33.4 Å². The van der Waals surface area contributed by atoms with Gasteiger partial charge in [0.05, 0.1) is 5.39 Å². The number of H-pyrrole nitrogens is 1. The van der Waals surface area contributed by atoms with Gasteiger partial charge in [-0.05, 0) is 48.1 Å². The molecule has 1 atom stereocenters. The van der Waals surface area contributed by atoms with Gasteiger partial charge in [0.15, 0.2) is 0 Å². The van der Waals surface area contributed by atoms with E-state index in [-0.39, 0.29) is 5.82 Å². The van der Waals surface area contributed by atoms with Crippen LogP contribution in [0, 0.1) is 11.7 Å². The van der Waals surface area contributed by atoms with E-state index < -0.39 is 5.91 Å². The third kappa shape index (κ3) is 3.93. The maximum Gasteiger partial charge on any atom is 0.313 e. The highest BCUT2D eigenvalue weighted by molar-refractivity contribution is 5.98. The molecule has 3 aromatic rings. The van der Waals surface area contributed by atoms with Crippen molar-refractivity contribution in [1.82, 2.24) is 10.2 Å². The van der Waals surface area contributed by atoms with Crippen LogP contribution in [-0.4, -0.2) is 36.5 Å². The Labute approximate surface area is 175 Å². The van der Waals surface area contributed by atoms with Gasteiger partial charge in [0.25, 0.3) is 5.69 Å². The number of aromatic nitrogens is 1. The monoisotopic (exact) mass is 405 g/mol. The van der Waals surface area contributed by atoms with Gasteiger partial charge in [0.1, 0.15) is 5.82 Å². The van der Waals surface area contributed by atoms with Crippen LogP contribution in [0.25, 0.3) is 22.0 Å². The van der Waals surface area contributed by atoms with E-state index in [4.69, 9.17) is 5.73 Å². The average molecular weight is 405 g/mol. The van der Waals surface area contributed by atoms with Crippen molar-refractivity contribution in [2.24, 2.45) is 11.7 Å². The Bertz CT molecular complexity index is 1090. The second-order valence-electron chi connectivity index (χ2n) is 8.48. The molecule has 6 heteroatoms. The molecular formula is C24H26FN4O+. The largest absolute Gasteiger partial charge is 0.360 e. The summed E-state index contributed by atoms with van der Waals surface area (Å²) in [6.07, 6.45) is 2.69. The van der Waals surface area contributed by atoms with Gasteiger partial charge in [0, 0.05) is 49.9 Å². The first-order valence-electron chi connectivity index (χ1n) is 10.6. The number of hydrogen-bond donors (Lipinski definition) is 2. The number of rotatable bonds is 5. The molecule has 30 heavy (non-hydrogen) atoms. The smallest absolute Gasteiger partial charge is 0.313 e. The lowest BCUT2D eigenvalue weighted by atomic mass is 9.98. The maximum absolute atomic E-state index is 13.4. The first-order chi connectivity index (χ1) is 14.6. The number of carbonyl (C=O) groups is 1. The summed E-state index contributed by atoms with van der Waals surface area (Å²) in [6.45, 7) is 4.02. The van der Waals surface area contributed by atoms with Gasteiger partial charge < -0.3 is 11.1 Å². The lowest BCUT2D eigenvalue weighted by Crippen LogP contribution is -2.51. The molecular weight excluding hydrogens is 379 g/mol. The summed E-state index contributed by atoms with van der Waals surface area (Å²) in [7, 11) is 0. The number of primary amides is 1. The van der Waals surface area contributed by atoms with Gasteiger partial charge in [-0.2, -0.15) is 0 Å².